The maximum Gasteiger partial charge on any atom is 0.267 e. The zero-order valence-corrected chi connectivity index (χ0v) is 20.6. The fraction of sp³-hybridized carbons (Fsp3) is 0.267. The summed E-state index contributed by atoms with van der Waals surface area (Å²) in [6, 6.07) is 22.1. The SMILES string of the molecule is C#CCOc1ccc2ccccc2c1/C=C1\SC(=Nc2ccccc2)N([C@@H]2CCCC[C@@H]2C)C1=O. The van der Waals surface area contributed by atoms with Gasteiger partial charge in [-0.3, -0.25) is 9.69 Å². The van der Waals surface area contributed by atoms with Crippen LogP contribution in [-0.4, -0.2) is 28.6 Å². The first-order valence-electron chi connectivity index (χ1n) is 12.1. The number of hydrogen-bond donors (Lipinski definition) is 0. The number of fused-ring (bicyclic) bond motifs is 1. The minimum absolute atomic E-state index is 0.0132. The van der Waals surface area contributed by atoms with Crippen LogP contribution in [0.1, 0.15) is 38.2 Å². The number of thioether (sulfide) groups is 1. The number of aliphatic imine (C=N–C) groups is 1. The predicted molar refractivity (Wildman–Crippen MR) is 146 cm³/mol. The van der Waals surface area contributed by atoms with Crippen LogP contribution >= 0.6 is 11.8 Å². The van der Waals surface area contributed by atoms with E-state index in [2.05, 4.69) is 25.0 Å². The number of amides is 1. The Kier molecular flexibility index (Phi) is 6.92. The fourth-order valence-corrected chi connectivity index (χ4v) is 5.98. The van der Waals surface area contributed by atoms with Crippen LogP contribution in [0.3, 0.4) is 0 Å². The first-order chi connectivity index (χ1) is 17.2. The number of para-hydroxylation sites is 1. The molecule has 0 radical (unpaired) electrons. The Morgan fingerprint density at radius 3 is 2.66 bits per heavy atom. The second-order valence-corrected chi connectivity index (χ2v) is 10.0. The quantitative estimate of drug-likeness (QED) is 0.291. The summed E-state index contributed by atoms with van der Waals surface area (Å²) in [6.45, 7) is 2.42. The summed E-state index contributed by atoms with van der Waals surface area (Å²) in [5, 5.41) is 2.85. The van der Waals surface area contributed by atoms with Crippen molar-refractivity contribution in [3.8, 4) is 18.1 Å². The fourth-order valence-electron chi connectivity index (χ4n) is 4.95. The Morgan fingerprint density at radius 1 is 1.09 bits per heavy atom. The van der Waals surface area contributed by atoms with Crippen molar-refractivity contribution in [2.45, 2.75) is 38.6 Å². The second-order valence-electron chi connectivity index (χ2n) is 9.04. The molecule has 4 nitrogen and oxygen atoms in total. The number of terminal acetylenes is 1. The van der Waals surface area contributed by atoms with E-state index in [1.165, 1.54) is 18.2 Å². The average Bonchev–Trinajstić information content (AvgIpc) is 3.18. The van der Waals surface area contributed by atoms with Gasteiger partial charge in [0.25, 0.3) is 5.91 Å². The highest BCUT2D eigenvalue weighted by molar-refractivity contribution is 8.18. The Labute approximate surface area is 211 Å². The van der Waals surface area contributed by atoms with Crippen molar-refractivity contribution < 1.29 is 9.53 Å². The topological polar surface area (TPSA) is 41.9 Å². The van der Waals surface area contributed by atoms with Crippen LogP contribution in [-0.2, 0) is 4.79 Å². The summed E-state index contributed by atoms with van der Waals surface area (Å²) in [4.78, 5) is 21.4. The number of nitrogens with zero attached hydrogens (tertiary/aromatic N) is 2. The van der Waals surface area contributed by atoms with Crippen LogP contribution in [0.15, 0.2) is 76.6 Å². The maximum absolute atomic E-state index is 13.9. The van der Waals surface area contributed by atoms with Crippen molar-refractivity contribution in [3.05, 3.63) is 77.2 Å². The van der Waals surface area contributed by atoms with Gasteiger partial charge in [0.1, 0.15) is 12.4 Å². The second kappa shape index (κ2) is 10.4. The maximum atomic E-state index is 13.9. The van der Waals surface area contributed by atoms with Gasteiger partial charge in [-0.2, -0.15) is 0 Å². The first kappa shape index (κ1) is 23.3. The van der Waals surface area contributed by atoms with Gasteiger partial charge in [-0.15, -0.1) is 6.42 Å². The van der Waals surface area contributed by atoms with Gasteiger partial charge in [0.15, 0.2) is 5.17 Å². The van der Waals surface area contributed by atoms with Crippen LogP contribution in [0.5, 0.6) is 5.75 Å². The molecule has 3 aromatic carbocycles. The highest BCUT2D eigenvalue weighted by Gasteiger charge is 2.41. The molecule has 176 valence electrons. The monoisotopic (exact) mass is 480 g/mol. The molecule has 0 spiro atoms. The number of carbonyl (C=O) groups excluding carboxylic acids is 1. The molecule has 0 unspecified atom stereocenters. The molecule has 3 aromatic rings. The van der Waals surface area contributed by atoms with E-state index in [1.807, 2.05) is 65.6 Å². The molecule has 5 heteroatoms. The van der Waals surface area contributed by atoms with Crippen molar-refractivity contribution in [2.75, 3.05) is 6.61 Å². The molecule has 1 aliphatic carbocycles. The van der Waals surface area contributed by atoms with Crippen molar-refractivity contribution >= 4 is 45.4 Å². The van der Waals surface area contributed by atoms with Crippen LogP contribution in [0, 0.1) is 18.3 Å². The van der Waals surface area contributed by atoms with E-state index in [1.54, 1.807) is 0 Å². The standard InChI is InChI=1S/C30H28N2O2S/c1-3-19-34-27-18-17-22-12-8-9-15-24(22)25(27)20-28-29(33)32(26-16-10-7-11-21(26)2)30(35-28)31-23-13-5-4-6-14-23/h1,4-6,8-9,12-15,17-18,20-21,26H,7,10-11,16,19H2,2H3/b28-20-,31-30?/t21-,26+/m0/s1. The van der Waals surface area contributed by atoms with Gasteiger partial charge in [-0.05, 0) is 65.6 Å². The smallest absolute Gasteiger partial charge is 0.267 e. The zero-order valence-electron chi connectivity index (χ0n) is 19.8. The summed E-state index contributed by atoms with van der Waals surface area (Å²) in [5.74, 6) is 3.66. The van der Waals surface area contributed by atoms with E-state index in [-0.39, 0.29) is 18.6 Å². The molecule has 0 N–H and O–H groups in total. The van der Waals surface area contributed by atoms with E-state index < -0.39 is 0 Å². The summed E-state index contributed by atoms with van der Waals surface area (Å²) in [6.07, 6.45) is 11.9. The number of hydrogen-bond acceptors (Lipinski definition) is 4. The lowest BCUT2D eigenvalue weighted by Gasteiger charge is -2.35. The third kappa shape index (κ3) is 4.85. The minimum Gasteiger partial charge on any atom is -0.480 e. The molecule has 2 fully saturated rings. The molecule has 0 bridgehead atoms. The van der Waals surface area contributed by atoms with Crippen molar-refractivity contribution in [1.82, 2.24) is 4.90 Å². The lowest BCUT2D eigenvalue weighted by atomic mass is 9.85. The predicted octanol–water partition coefficient (Wildman–Crippen LogP) is 7.03. The Morgan fingerprint density at radius 2 is 1.86 bits per heavy atom. The molecule has 5 rings (SSSR count). The molecule has 2 atom stereocenters. The molecular weight excluding hydrogens is 452 g/mol. The molecule has 1 saturated carbocycles. The minimum atomic E-state index is 0.0132. The van der Waals surface area contributed by atoms with Gasteiger partial charge in [0.05, 0.1) is 10.6 Å². The lowest BCUT2D eigenvalue weighted by Crippen LogP contribution is -2.44. The van der Waals surface area contributed by atoms with Crippen molar-refractivity contribution in [3.63, 3.8) is 0 Å². The molecular formula is C30H28N2O2S. The third-order valence-electron chi connectivity index (χ3n) is 6.73. The summed E-state index contributed by atoms with van der Waals surface area (Å²) >= 11 is 1.44. The largest absolute Gasteiger partial charge is 0.480 e. The molecule has 1 aliphatic heterocycles. The molecule has 1 amide bonds. The van der Waals surface area contributed by atoms with E-state index >= 15 is 0 Å². The van der Waals surface area contributed by atoms with Crippen LogP contribution in [0.25, 0.3) is 16.8 Å². The van der Waals surface area contributed by atoms with Crippen molar-refractivity contribution in [2.24, 2.45) is 10.9 Å². The van der Waals surface area contributed by atoms with Crippen LogP contribution in [0.4, 0.5) is 5.69 Å². The molecule has 0 aromatic heterocycles. The molecule has 2 aliphatic rings. The van der Waals surface area contributed by atoms with Crippen molar-refractivity contribution in [1.29, 1.82) is 0 Å². The highest BCUT2D eigenvalue weighted by atomic mass is 32.2. The van der Waals surface area contributed by atoms with Gasteiger partial charge in [0.2, 0.25) is 0 Å². The summed E-state index contributed by atoms with van der Waals surface area (Å²) in [5.41, 5.74) is 1.72. The van der Waals surface area contributed by atoms with E-state index in [4.69, 9.17) is 16.2 Å². The van der Waals surface area contributed by atoms with Gasteiger partial charge < -0.3 is 4.74 Å². The Hall–Kier alpha value is -3.49. The number of benzene rings is 3. The van der Waals surface area contributed by atoms with Gasteiger partial charge in [0, 0.05) is 11.6 Å². The number of rotatable bonds is 5. The van der Waals surface area contributed by atoms with Gasteiger partial charge in [-0.25, -0.2) is 4.99 Å². The average molecular weight is 481 g/mol. The van der Waals surface area contributed by atoms with E-state index in [9.17, 15) is 4.79 Å². The third-order valence-corrected chi connectivity index (χ3v) is 7.72. The highest BCUT2D eigenvalue weighted by Crippen LogP contribution is 2.41. The number of amidine groups is 1. The summed E-state index contributed by atoms with van der Waals surface area (Å²) in [7, 11) is 0. The Balaban J connectivity index is 1.61. The Bertz CT molecular complexity index is 1340. The lowest BCUT2D eigenvalue weighted by molar-refractivity contribution is -0.124. The van der Waals surface area contributed by atoms with E-state index in [0.717, 1.165) is 46.5 Å². The number of carbonyl (C=O) groups is 1. The molecule has 1 heterocycles. The van der Waals surface area contributed by atoms with E-state index in [0.29, 0.717) is 16.6 Å². The molecule has 35 heavy (non-hydrogen) atoms. The van der Waals surface area contributed by atoms with Gasteiger partial charge in [-0.1, -0.05) is 74.2 Å². The molecule has 1 saturated heterocycles. The normalized spacial score (nSPS) is 22.6. The first-order valence-corrected chi connectivity index (χ1v) is 12.9. The zero-order chi connectivity index (χ0) is 24.2. The van der Waals surface area contributed by atoms with Crippen LogP contribution < -0.4 is 4.74 Å². The van der Waals surface area contributed by atoms with Crippen LogP contribution in [0.2, 0.25) is 0 Å². The summed E-state index contributed by atoms with van der Waals surface area (Å²) < 4.78 is 5.88. The van der Waals surface area contributed by atoms with Gasteiger partial charge >= 0.3 is 0 Å². The number of ether oxygens (including phenoxy) is 1.